The number of hydrogen-bond acceptors (Lipinski definition) is 5. The molecule has 0 saturated carbocycles. The molecule has 2 unspecified atom stereocenters. The fourth-order valence-corrected chi connectivity index (χ4v) is 3.03. The number of rotatable bonds is 3. The van der Waals surface area contributed by atoms with Gasteiger partial charge in [-0.2, -0.15) is 0 Å². The lowest BCUT2D eigenvalue weighted by Crippen LogP contribution is -2.29. The zero-order valence-corrected chi connectivity index (χ0v) is 12.1. The maximum atomic E-state index is 11.5. The second-order valence-corrected chi connectivity index (χ2v) is 6.75. The van der Waals surface area contributed by atoms with Crippen LogP contribution in [0.4, 0.5) is 11.4 Å². The number of nitrogens with two attached hydrogens (primary N) is 1. The monoisotopic (exact) mass is 299 g/mol. The standard InChI is InChI=1S/C12H17N3O4S/c1-8-3-4-14(9(8)2)10-5-11(15(16)17)7-12(6-10)20(13,18)19/h5-9H,3-4H2,1-2H3,(H2,13,18,19). The molecule has 0 aliphatic carbocycles. The van der Waals surface area contributed by atoms with Crippen LogP contribution < -0.4 is 10.0 Å². The van der Waals surface area contributed by atoms with Gasteiger partial charge in [0.15, 0.2) is 0 Å². The molecule has 1 aromatic rings. The van der Waals surface area contributed by atoms with Crippen LogP contribution in [0.15, 0.2) is 23.1 Å². The summed E-state index contributed by atoms with van der Waals surface area (Å²) in [4.78, 5) is 12.1. The van der Waals surface area contributed by atoms with E-state index >= 15 is 0 Å². The van der Waals surface area contributed by atoms with E-state index in [0.717, 1.165) is 19.0 Å². The Morgan fingerprint density at radius 3 is 2.45 bits per heavy atom. The second-order valence-electron chi connectivity index (χ2n) is 5.19. The molecule has 20 heavy (non-hydrogen) atoms. The number of nitrogens with zero attached hydrogens (tertiary/aromatic N) is 2. The Kier molecular flexibility index (Phi) is 3.70. The van der Waals surface area contributed by atoms with Crippen molar-refractivity contribution in [3.05, 3.63) is 28.3 Å². The van der Waals surface area contributed by atoms with Gasteiger partial charge in [-0.15, -0.1) is 0 Å². The largest absolute Gasteiger partial charge is 0.368 e. The van der Waals surface area contributed by atoms with Crippen molar-refractivity contribution in [2.24, 2.45) is 11.1 Å². The van der Waals surface area contributed by atoms with Gasteiger partial charge in [-0.25, -0.2) is 13.6 Å². The van der Waals surface area contributed by atoms with E-state index < -0.39 is 14.9 Å². The number of nitro benzene ring substituents is 1. The topological polar surface area (TPSA) is 107 Å². The van der Waals surface area contributed by atoms with Gasteiger partial charge >= 0.3 is 0 Å². The highest BCUT2D eigenvalue weighted by Gasteiger charge is 2.29. The van der Waals surface area contributed by atoms with Crippen LogP contribution in [0, 0.1) is 16.0 Å². The molecule has 2 N–H and O–H groups in total. The molecule has 2 rings (SSSR count). The lowest BCUT2D eigenvalue weighted by Gasteiger charge is -2.25. The number of non-ortho nitro benzene ring substituents is 1. The first-order valence-corrected chi connectivity index (χ1v) is 7.83. The number of anilines is 1. The highest BCUT2D eigenvalue weighted by Crippen LogP contribution is 2.33. The van der Waals surface area contributed by atoms with Crippen LogP contribution in [0.1, 0.15) is 20.3 Å². The number of sulfonamides is 1. The van der Waals surface area contributed by atoms with Crippen LogP contribution in [-0.2, 0) is 10.0 Å². The lowest BCUT2D eigenvalue weighted by molar-refractivity contribution is -0.385. The van der Waals surface area contributed by atoms with Gasteiger partial charge < -0.3 is 4.90 Å². The van der Waals surface area contributed by atoms with Crippen LogP contribution in [0.5, 0.6) is 0 Å². The molecule has 0 aromatic heterocycles. The molecule has 1 heterocycles. The number of benzene rings is 1. The molecule has 0 bridgehead atoms. The first kappa shape index (κ1) is 14.7. The lowest BCUT2D eigenvalue weighted by atomic mass is 10.1. The Hall–Kier alpha value is -1.67. The normalized spacial score (nSPS) is 23.1. The van der Waals surface area contributed by atoms with Gasteiger partial charge in [-0.1, -0.05) is 6.92 Å². The molecular weight excluding hydrogens is 282 g/mol. The predicted octanol–water partition coefficient (Wildman–Crippen LogP) is 1.48. The van der Waals surface area contributed by atoms with E-state index in [0.29, 0.717) is 11.6 Å². The third-order valence-electron chi connectivity index (χ3n) is 3.89. The molecular formula is C12H17N3O4S. The molecule has 0 radical (unpaired) electrons. The third kappa shape index (κ3) is 2.75. The van der Waals surface area contributed by atoms with Gasteiger partial charge in [-0.05, 0) is 25.3 Å². The van der Waals surface area contributed by atoms with Crippen LogP contribution in [0.3, 0.4) is 0 Å². The quantitative estimate of drug-likeness (QED) is 0.672. The summed E-state index contributed by atoms with van der Waals surface area (Å²) in [5.74, 6) is 0.451. The highest BCUT2D eigenvalue weighted by atomic mass is 32.2. The fraction of sp³-hybridized carbons (Fsp3) is 0.500. The van der Waals surface area contributed by atoms with E-state index in [1.165, 1.54) is 12.1 Å². The SMILES string of the molecule is CC1CCN(c2cc([N+](=O)[O-])cc(S(N)(=O)=O)c2)C1C. The maximum absolute atomic E-state index is 11.5. The van der Waals surface area contributed by atoms with Crippen molar-refractivity contribution in [3.63, 3.8) is 0 Å². The van der Waals surface area contributed by atoms with Gasteiger partial charge in [0.25, 0.3) is 5.69 Å². The Labute approximate surface area is 117 Å². The summed E-state index contributed by atoms with van der Waals surface area (Å²) in [5, 5.41) is 16.0. The number of hydrogen-bond donors (Lipinski definition) is 1. The molecule has 1 aliphatic rings. The number of primary sulfonamides is 1. The highest BCUT2D eigenvalue weighted by molar-refractivity contribution is 7.89. The zero-order valence-electron chi connectivity index (χ0n) is 11.3. The third-order valence-corrected chi connectivity index (χ3v) is 4.78. The summed E-state index contributed by atoms with van der Waals surface area (Å²) >= 11 is 0. The zero-order chi connectivity index (χ0) is 15.1. The Bertz CT molecular complexity index is 644. The minimum Gasteiger partial charge on any atom is -0.368 e. The smallest absolute Gasteiger partial charge is 0.272 e. The Morgan fingerprint density at radius 1 is 1.35 bits per heavy atom. The molecule has 0 amide bonds. The average Bonchev–Trinajstić information content (AvgIpc) is 2.68. The number of nitro groups is 1. The molecule has 2 atom stereocenters. The summed E-state index contributed by atoms with van der Waals surface area (Å²) in [6.07, 6.45) is 0.967. The minimum absolute atomic E-state index is 0.199. The molecule has 8 heteroatoms. The van der Waals surface area contributed by atoms with E-state index in [1.54, 1.807) is 0 Å². The molecule has 1 aliphatic heterocycles. The summed E-state index contributed by atoms with van der Waals surface area (Å²) in [7, 11) is -3.97. The molecule has 1 aromatic carbocycles. The average molecular weight is 299 g/mol. The van der Waals surface area contributed by atoms with E-state index in [9.17, 15) is 18.5 Å². The van der Waals surface area contributed by atoms with Gasteiger partial charge in [0, 0.05) is 30.4 Å². The summed E-state index contributed by atoms with van der Waals surface area (Å²) in [5.41, 5.74) is 0.262. The van der Waals surface area contributed by atoms with Crippen molar-refractivity contribution in [1.29, 1.82) is 0 Å². The first-order valence-electron chi connectivity index (χ1n) is 6.29. The van der Waals surface area contributed by atoms with Crippen LogP contribution in [0.25, 0.3) is 0 Å². The van der Waals surface area contributed by atoms with Crippen molar-refractivity contribution in [2.75, 3.05) is 11.4 Å². The van der Waals surface area contributed by atoms with E-state index in [4.69, 9.17) is 5.14 Å². The predicted molar refractivity (Wildman–Crippen MR) is 75.1 cm³/mol. The van der Waals surface area contributed by atoms with Crippen molar-refractivity contribution >= 4 is 21.4 Å². The van der Waals surface area contributed by atoms with Crippen LogP contribution in [-0.4, -0.2) is 25.9 Å². The summed E-state index contributed by atoms with van der Waals surface area (Å²) in [6.45, 7) is 4.86. The van der Waals surface area contributed by atoms with Crippen molar-refractivity contribution in [1.82, 2.24) is 0 Å². The van der Waals surface area contributed by atoms with E-state index in [2.05, 4.69) is 6.92 Å². The van der Waals surface area contributed by atoms with Crippen LogP contribution in [0.2, 0.25) is 0 Å². The van der Waals surface area contributed by atoms with E-state index in [1.807, 2.05) is 11.8 Å². The van der Waals surface area contributed by atoms with Gasteiger partial charge in [0.2, 0.25) is 10.0 Å². The summed E-state index contributed by atoms with van der Waals surface area (Å²) in [6, 6.07) is 3.98. The minimum atomic E-state index is -3.97. The molecule has 0 spiro atoms. The van der Waals surface area contributed by atoms with Crippen molar-refractivity contribution in [3.8, 4) is 0 Å². The van der Waals surface area contributed by atoms with Crippen LogP contribution >= 0.6 is 0 Å². The summed E-state index contributed by atoms with van der Waals surface area (Å²) < 4.78 is 22.9. The van der Waals surface area contributed by atoms with Crippen molar-refractivity contribution < 1.29 is 13.3 Å². The molecule has 1 saturated heterocycles. The maximum Gasteiger partial charge on any atom is 0.272 e. The first-order chi connectivity index (χ1) is 9.20. The Morgan fingerprint density at radius 2 is 2.00 bits per heavy atom. The van der Waals surface area contributed by atoms with Gasteiger partial charge in [0.05, 0.1) is 9.82 Å². The van der Waals surface area contributed by atoms with Gasteiger partial charge in [-0.3, -0.25) is 10.1 Å². The second kappa shape index (κ2) is 5.02. The Balaban J connectivity index is 2.53. The molecule has 1 fully saturated rings. The van der Waals surface area contributed by atoms with E-state index in [-0.39, 0.29) is 16.6 Å². The fourth-order valence-electron chi connectivity index (χ4n) is 2.46. The molecule has 110 valence electrons. The van der Waals surface area contributed by atoms with Crippen molar-refractivity contribution in [2.45, 2.75) is 31.2 Å². The molecule has 7 nitrogen and oxygen atoms in total. The van der Waals surface area contributed by atoms with Gasteiger partial charge in [0.1, 0.15) is 0 Å².